The molecule has 22 heavy (non-hydrogen) atoms. The number of nitrogens with zero attached hydrogens (tertiary/aromatic N) is 1. The third kappa shape index (κ3) is 18.9. The van der Waals surface area contributed by atoms with Crippen LogP contribution in [0.25, 0.3) is 0 Å². The molecule has 0 fully saturated rings. The summed E-state index contributed by atoms with van der Waals surface area (Å²) in [5, 5.41) is 17.5. The molecular formula is C12H25BF4N2O3. The highest BCUT2D eigenvalue weighted by atomic mass is 19.5. The van der Waals surface area contributed by atoms with E-state index >= 15 is 0 Å². The van der Waals surface area contributed by atoms with Gasteiger partial charge in [0.2, 0.25) is 6.33 Å². The van der Waals surface area contributed by atoms with E-state index in [1.807, 2.05) is 44.2 Å². The fourth-order valence-corrected chi connectivity index (χ4v) is 1.17. The number of hydrogen-bond acceptors (Lipinski definition) is 3. The molecule has 2 unspecified atom stereocenters. The Morgan fingerprint density at radius 1 is 1.09 bits per heavy atom. The van der Waals surface area contributed by atoms with Gasteiger partial charge in [-0.1, -0.05) is 13.8 Å². The Balaban J connectivity index is 0. The Labute approximate surface area is 128 Å². The van der Waals surface area contributed by atoms with Crippen molar-refractivity contribution in [3.05, 3.63) is 18.7 Å². The molecule has 132 valence electrons. The number of aryl methyl sites for hydroxylation is 1. The summed E-state index contributed by atoms with van der Waals surface area (Å²) in [7, 11) is -4.03. The molecule has 1 rings (SSSR count). The molecular weight excluding hydrogens is 307 g/mol. The summed E-state index contributed by atoms with van der Waals surface area (Å²) in [6.45, 7) is 3.97. The zero-order chi connectivity index (χ0) is 17.6. The monoisotopic (exact) mass is 332 g/mol. The third-order valence-corrected chi connectivity index (χ3v) is 2.39. The lowest BCUT2D eigenvalue weighted by atomic mass is 10.2. The number of hydrogen-bond donors (Lipinski definition) is 3. The number of ether oxygens (including phenoxy) is 1. The molecule has 0 aromatic carbocycles. The van der Waals surface area contributed by atoms with Gasteiger partial charge in [0.15, 0.2) is 0 Å². The van der Waals surface area contributed by atoms with E-state index in [2.05, 4.69) is 4.98 Å². The van der Waals surface area contributed by atoms with Crippen molar-refractivity contribution in [2.45, 2.75) is 38.9 Å². The minimum Gasteiger partial charge on any atom is -0.418 e. The van der Waals surface area contributed by atoms with Gasteiger partial charge in [0.1, 0.15) is 12.4 Å². The fourth-order valence-electron chi connectivity index (χ4n) is 1.17. The van der Waals surface area contributed by atoms with Crippen LogP contribution in [-0.2, 0) is 11.8 Å². The molecule has 2 atom stereocenters. The van der Waals surface area contributed by atoms with Gasteiger partial charge in [-0.25, -0.2) is 4.57 Å². The second-order valence-corrected chi connectivity index (χ2v) is 4.33. The summed E-state index contributed by atoms with van der Waals surface area (Å²) < 4.78 is 46.3. The van der Waals surface area contributed by atoms with Crippen LogP contribution in [0.1, 0.15) is 26.7 Å². The van der Waals surface area contributed by atoms with Gasteiger partial charge in [-0.3, -0.25) is 4.98 Å². The largest absolute Gasteiger partial charge is 0.673 e. The summed E-state index contributed by atoms with van der Waals surface area (Å²) >= 11 is 0. The van der Waals surface area contributed by atoms with Gasteiger partial charge in [-0.2, -0.15) is 0 Å². The van der Waals surface area contributed by atoms with E-state index in [1.54, 1.807) is 0 Å². The molecule has 3 N–H and O–H groups in total. The van der Waals surface area contributed by atoms with Crippen molar-refractivity contribution in [2.75, 3.05) is 13.2 Å². The number of imidazole rings is 1. The van der Waals surface area contributed by atoms with Crippen LogP contribution in [0.5, 0.6) is 0 Å². The van der Waals surface area contributed by atoms with Crippen molar-refractivity contribution in [1.82, 2.24) is 4.98 Å². The lowest BCUT2D eigenvalue weighted by molar-refractivity contribution is -0.670. The number of H-pyrrole nitrogens is 1. The average Bonchev–Trinajstić information content (AvgIpc) is 2.90. The SMILES string of the molecule is CCC(CO)OC(CC)CO.C[n+]1cc[nH]c1.F[B-](F)(F)F. The Morgan fingerprint density at radius 2 is 1.50 bits per heavy atom. The minimum atomic E-state index is -6.00. The maximum atomic E-state index is 9.75. The van der Waals surface area contributed by atoms with Crippen LogP contribution < -0.4 is 4.57 Å². The van der Waals surface area contributed by atoms with Gasteiger partial charge in [0.25, 0.3) is 0 Å². The van der Waals surface area contributed by atoms with Crippen LogP contribution in [0.3, 0.4) is 0 Å². The van der Waals surface area contributed by atoms with Crippen LogP contribution in [0.15, 0.2) is 18.7 Å². The lowest BCUT2D eigenvalue weighted by Gasteiger charge is -2.19. The van der Waals surface area contributed by atoms with E-state index < -0.39 is 7.25 Å². The van der Waals surface area contributed by atoms with Crippen LogP contribution in [-0.4, -0.2) is 47.9 Å². The number of rotatable bonds is 6. The predicted octanol–water partition coefficient (Wildman–Crippen LogP) is 1.68. The van der Waals surface area contributed by atoms with Crippen LogP contribution in [0, 0.1) is 0 Å². The fraction of sp³-hybridized carbons (Fsp3) is 0.750. The van der Waals surface area contributed by atoms with E-state index in [9.17, 15) is 17.3 Å². The molecule has 1 aromatic rings. The highest BCUT2D eigenvalue weighted by molar-refractivity contribution is 6.50. The first kappa shape index (κ1) is 23.1. The smallest absolute Gasteiger partial charge is 0.418 e. The molecule has 0 aliphatic rings. The first-order chi connectivity index (χ1) is 10.2. The van der Waals surface area contributed by atoms with Crippen LogP contribution in [0.2, 0.25) is 0 Å². The zero-order valence-electron chi connectivity index (χ0n) is 13.1. The second kappa shape index (κ2) is 13.5. The zero-order valence-corrected chi connectivity index (χ0v) is 13.1. The number of halogens is 4. The van der Waals surface area contributed by atoms with Crippen molar-refractivity contribution in [3.63, 3.8) is 0 Å². The first-order valence-corrected chi connectivity index (χ1v) is 6.90. The molecule has 0 saturated heterocycles. The number of aromatic nitrogens is 2. The molecule has 0 saturated carbocycles. The molecule has 0 bridgehead atoms. The van der Waals surface area contributed by atoms with E-state index in [0.29, 0.717) is 0 Å². The number of nitrogens with one attached hydrogen (secondary N) is 1. The standard InChI is InChI=1S/C8H18O3.C4H6N2.BF4/c1-3-7(5-9)11-8(4-2)6-10;1-6-3-2-5-4-6;2-1(3,4)5/h7-10H,3-6H2,1-2H3;2-4H,1H3;/q;;-1/p+1. The average molecular weight is 332 g/mol. The number of aliphatic hydroxyl groups is 2. The molecule has 0 spiro atoms. The quantitative estimate of drug-likeness (QED) is 0.422. The van der Waals surface area contributed by atoms with Gasteiger partial charge in [0.05, 0.1) is 32.5 Å². The number of aromatic amines is 1. The van der Waals surface area contributed by atoms with Crippen molar-refractivity contribution in [3.8, 4) is 0 Å². The molecule has 0 amide bonds. The third-order valence-electron chi connectivity index (χ3n) is 2.39. The summed E-state index contributed by atoms with van der Waals surface area (Å²) in [6.07, 6.45) is 7.03. The first-order valence-electron chi connectivity index (χ1n) is 6.90. The molecule has 1 heterocycles. The van der Waals surface area contributed by atoms with Crippen molar-refractivity contribution >= 4 is 7.25 Å². The summed E-state index contributed by atoms with van der Waals surface area (Å²) in [4.78, 5) is 2.89. The summed E-state index contributed by atoms with van der Waals surface area (Å²) in [5.74, 6) is 0. The van der Waals surface area contributed by atoms with Crippen LogP contribution in [0.4, 0.5) is 17.3 Å². The highest BCUT2D eigenvalue weighted by Crippen LogP contribution is 2.06. The normalized spacial score (nSPS) is 13.3. The van der Waals surface area contributed by atoms with Gasteiger partial charge >= 0.3 is 7.25 Å². The molecule has 0 radical (unpaired) electrons. The Bertz CT molecular complexity index is 316. The maximum absolute atomic E-state index is 9.75. The molecule has 1 aromatic heterocycles. The highest BCUT2D eigenvalue weighted by Gasteiger charge is 2.20. The van der Waals surface area contributed by atoms with Crippen molar-refractivity contribution in [1.29, 1.82) is 0 Å². The maximum Gasteiger partial charge on any atom is 0.673 e. The topological polar surface area (TPSA) is 69.4 Å². The van der Waals surface area contributed by atoms with Gasteiger partial charge in [-0.05, 0) is 12.8 Å². The van der Waals surface area contributed by atoms with Crippen molar-refractivity contribution in [2.24, 2.45) is 7.05 Å². The minimum absolute atomic E-state index is 0.0347. The predicted molar refractivity (Wildman–Crippen MR) is 75.6 cm³/mol. The number of aliphatic hydroxyl groups excluding tert-OH is 2. The Kier molecular flexibility index (Phi) is 14.2. The molecule has 0 aliphatic heterocycles. The van der Waals surface area contributed by atoms with E-state index in [1.165, 1.54) is 0 Å². The lowest BCUT2D eigenvalue weighted by Crippen LogP contribution is -2.26. The molecule has 5 nitrogen and oxygen atoms in total. The Morgan fingerprint density at radius 3 is 1.64 bits per heavy atom. The van der Waals surface area contributed by atoms with Gasteiger partial charge < -0.3 is 32.2 Å². The molecule has 10 heteroatoms. The summed E-state index contributed by atoms with van der Waals surface area (Å²) in [6, 6.07) is 0. The summed E-state index contributed by atoms with van der Waals surface area (Å²) in [5.41, 5.74) is 0. The Hall–Kier alpha value is -1.13. The van der Waals surface area contributed by atoms with Crippen LogP contribution >= 0.6 is 0 Å². The second-order valence-electron chi connectivity index (χ2n) is 4.33. The molecule has 0 aliphatic carbocycles. The van der Waals surface area contributed by atoms with E-state index in [-0.39, 0.29) is 25.4 Å². The van der Waals surface area contributed by atoms with Gasteiger partial charge in [0, 0.05) is 0 Å². The van der Waals surface area contributed by atoms with Crippen molar-refractivity contribution < 1.29 is 36.8 Å². The van der Waals surface area contributed by atoms with E-state index in [0.717, 1.165) is 12.8 Å². The van der Waals surface area contributed by atoms with E-state index in [4.69, 9.17) is 14.9 Å². The van der Waals surface area contributed by atoms with Gasteiger partial charge in [-0.15, -0.1) is 0 Å².